The van der Waals surface area contributed by atoms with Crippen LogP contribution in [0.3, 0.4) is 0 Å². The van der Waals surface area contributed by atoms with E-state index in [0.29, 0.717) is 6.54 Å². The number of thiophene rings is 1. The molecule has 0 radical (unpaired) electrons. The maximum atomic E-state index is 10.7. The molecule has 2 aromatic heterocycles. The van der Waals surface area contributed by atoms with Gasteiger partial charge in [0.15, 0.2) is 0 Å². The molecule has 2 aromatic rings. The van der Waals surface area contributed by atoms with Crippen LogP contribution in [0.2, 0.25) is 0 Å². The van der Waals surface area contributed by atoms with Gasteiger partial charge in [-0.1, -0.05) is 26.0 Å². The van der Waals surface area contributed by atoms with Gasteiger partial charge in [0.1, 0.15) is 5.75 Å². The Labute approximate surface area is 153 Å². The molecule has 1 aliphatic rings. The van der Waals surface area contributed by atoms with Crippen molar-refractivity contribution >= 4 is 29.1 Å². The van der Waals surface area contributed by atoms with Gasteiger partial charge < -0.3 is 15.6 Å². The lowest BCUT2D eigenvalue weighted by molar-refractivity contribution is 0.111. The highest BCUT2D eigenvalue weighted by Crippen LogP contribution is 2.36. The van der Waals surface area contributed by atoms with Gasteiger partial charge in [0, 0.05) is 22.2 Å². The summed E-state index contributed by atoms with van der Waals surface area (Å²) in [7, 11) is 0. The summed E-state index contributed by atoms with van der Waals surface area (Å²) < 4.78 is 8.06. The summed E-state index contributed by atoms with van der Waals surface area (Å²) in [5.41, 5.74) is 8.67. The van der Waals surface area contributed by atoms with Crippen molar-refractivity contribution in [3.05, 3.63) is 43.9 Å². The summed E-state index contributed by atoms with van der Waals surface area (Å²) >= 11 is 1.72. The van der Waals surface area contributed by atoms with E-state index in [-0.39, 0.29) is 12.0 Å². The molecule has 0 saturated carbocycles. The minimum Gasteiger partial charge on any atom is -0.505 e. The summed E-state index contributed by atoms with van der Waals surface area (Å²) in [6.45, 7) is 12.4. The van der Waals surface area contributed by atoms with Crippen LogP contribution in [0.25, 0.3) is 17.7 Å². The molecular weight excluding hydrogens is 332 g/mol. The van der Waals surface area contributed by atoms with Crippen molar-refractivity contribution in [2.75, 3.05) is 6.54 Å². The quantitative estimate of drug-likeness (QED) is 0.863. The van der Waals surface area contributed by atoms with Crippen molar-refractivity contribution in [3.8, 4) is 5.75 Å². The molecule has 1 aliphatic heterocycles. The van der Waals surface area contributed by atoms with Crippen molar-refractivity contribution in [1.29, 1.82) is 0 Å². The molecule has 136 valence electrons. The molecule has 5 heteroatoms. The zero-order valence-corrected chi connectivity index (χ0v) is 16.7. The third-order valence-corrected chi connectivity index (χ3v) is 5.53. The number of rotatable bonds is 2. The van der Waals surface area contributed by atoms with Crippen LogP contribution < -0.4 is 16.3 Å². The summed E-state index contributed by atoms with van der Waals surface area (Å²) in [5.74, 6) is 0.274. The molecular formula is C20H28N2O2S. The lowest BCUT2D eigenvalue weighted by Gasteiger charge is -2.26. The summed E-state index contributed by atoms with van der Waals surface area (Å²) in [6.07, 6.45) is 5.33. The Bertz CT molecular complexity index is 884. The smallest absolute Gasteiger partial charge is 0.211 e. The van der Waals surface area contributed by atoms with Crippen molar-refractivity contribution in [1.82, 2.24) is 4.57 Å². The number of nitrogens with zero attached hydrogens (tertiary/aromatic N) is 1. The van der Waals surface area contributed by atoms with Crippen LogP contribution in [0.15, 0.2) is 12.3 Å². The third-order valence-electron chi connectivity index (χ3n) is 4.34. The first kappa shape index (κ1) is 19.3. The van der Waals surface area contributed by atoms with Gasteiger partial charge in [-0.15, -0.1) is 11.3 Å². The molecule has 0 aliphatic carbocycles. The standard InChI is InChI=1S/C18H22N2O2S.C2H6/c1-5-13-14(6-2)20-16(17(13)21)12(8-19)9-22-18(20)15-7-10(3)11(4)23-15;1-2/h5-7,9,18,21H,8,19H2,1-4H3;1-2H3/b13-5+,14-6+;. The Balaban J connectivity index is 0.00000109. The average molecular weight is 361 g/mol. The van der Waals surface area contributed by atoms with Gasteiger partial charge in [-0.3, -0.25) is 4.57 Å². The molecule has 0 fully saturated rings. The maximum absolute atomic E-state index is 10.7. The fourth-order valence-electron chi connectivity index (χ4n) is 3.07. The van der Waals surface area contributed by atoms with E-state index in [9.17, 15) is 5.11 Å². The van der Waals surface area contributed by atoms with Crippen LogP contribution in [0.4, 0.5) is 0 Å². The molecule has 0 spiro atoms. The fourth-order valence-corrected chi connectivity index (χ4v) is 4.14. The van der Waals surface area contributed by atoms with E-state index < -0.39 is 0 Å². The van der Waals surface area contributed by atoms with Gasteiger partial charge >= 0.3 is 0 Å². The van der Waals surface area contributed by atoms with E-state index in [4.69, 9.17) is 10.5 Å². The number of ether oxygens (including phenoxy) is 1. The molecule has 3 heterocycles. The van der Waals surface area contributed by atoms with Crippen molar-refractivity contribution in [2.24, 2.45) is 5.73 Å². The zero-order valence-electron chi connectivity index (χ0n) is 15.9. The van der Waals surface area contributed by atoms with Crippen molar-refractivity contribution in [3.63, 3.8) is 0 Å². The first-order valence-corrected chi connectivity index (χ1v) is 9.52. The monoisotopic (exact) mass is 360 g/mol. The normalized spacial score (nSPS) is 17.6. The van der Waals surface area contributed by atoms with Gasteiger partial charge in [0.25, 0.3) is 0 Å². The first-order chi connectivity index (χ1) is 12.0. The third kappa shape index (κ3) is 3.14. The van der Waals surface area contributed by atoms with Crippen LogP contribution >= 0.6 is 11.3 Å². The predicted molar refractivity (Wildman–Crippen MR) is 107 cm³/mol. The lowest BCUT2D eigenvalue weighted by atomic mass is 10.1. The van der Waals surface area contributed by atoms with E-state index in [1.165, 1.54) is 10.4 Å². The molecule has 0 saturated heterocycles. The topological polar surface area (TPSA) is 60.4 Å². The van der Waals surface area contributed by atoms with Crippen LogP contribution in [0, 0.1) is 13.8 Å². The number of fused-ring (bicyclic) bond motifs is 1. The van der Waals surface area contributed by atoms with Gasteiger partial charge in [-0.05, 0) is 39.3 Å². The number of nitrogens with two attached hydrogens (primary N) is 1. The van der Waals surface area contributed by atoms with Crippen LogP contribution in [-0.4, -0.2) is 16.2 Å². The Morgan fingerprint density at radius 3 is 2.44 bits per heavy atom. The highest BCUT2D eigenvalue weighted by molar-refractivity contribution is 7.12. The van der Waals surface area contributed by atoms with E-state index >= 15 is 0 Å². The second-order valence-corrected chi connectivity index (χ2v) is 6.96. The molecule has 3 N–H and O–H groups in total. The molecule has 1 unspecified atom stereocenters. The molecule has 0 aromatic carbocycles. The maximum Gasteiger partial charge on any atom is 0.211 e. The second-order valence-electron chi connectivity index (χ2n) is 5.67. The molecule has 0 bridgehead atoms. The SMILES string of the molecule is C/C=c1/c(O)c2n(/c1=C/C)C(c1cc(C)c(C)s1)OC=C2CN.CC. The number of aromatic nitrogens is 1. The molecule has 0 amide bonds. The number of aromatic hydroxyl groups is 1. The van der Waals surface area contributed by atoms with Gasteiger partial charge in [0.05, 0.1) is 22.2 Å². The van der Waals surface area contributed by atoms with Crippen molar-refractivity contribution in [2.45, 2.75) is 47.8 Å². The van der Waals surface area contributed by atoms with Gasteiger partial charge in [0.2, 0.25) is 6.23 Å². The van der Waals surface area contributed by atoms with E-state index in [2.05, 4.69) is 24.5 Å². The summed E-state index contributed by atoms with van der Waals surface area (Å²) in [6, 6.07) is 2.15. The largest absolute Gasteiger partial charge is 0.505 e. The van der Waals surface area contributed by atoms with Gasteiger partial charge in [-0.25, -0.2) is 0 Å². The average Bonchev–Trinajstić information content (AvgIpc) is 3.12. The minimum absolute atomic E-state index is 0.274. The minimum atomic E-state index is -0.275. The Morgan fingerprint density at radius 1 is 1.28 bits per heavy atom. The number of hydrogen-bond donors (Lipinski definition) is 2. The molecule has 4 nitrogen and oxygen atoms in total. The molecule has 1 atom stereocenters. The first-order valence-electron chi connectivity index (χ1n) is 8.71. The van der Waals surface area contributed by atoms with E-state index in [1.54, 1.807) is 17.6 Å². The fraction of sp³-hybridized carbons (Fsp3) is 0.400. The van der Waals surface area contributed by atoms with Crippen molar-refractivity contribution < 1.29 is 9.84 Å². The molecule has 3 rings (SSSR count). The summed E-state index contributed by atoms with van der Waals surface area (Å²) in [4.78, 5) is 2.40. The zero-order chi connectivity index (χ0) is 18.7. The highest BCUT2D eigenvalue weighted by Gasteiger charge is 2.29. The van der Waals surface area contributed by atoms with E-state index in [1.807, 2.05) is 39.8 Å². The Kier molecular flexibility index (Phi) is 6.14. The highest BCUT2D eigenvalue weighted by atomic mass is 32.1. The van der Waals surface area contributed by atoms with Crippen LogP contribution in [-0.2, 0) is 4.74 Å². The lowest BCUT2D eigenvalue weighted by Crippen LogP contribution is -2.34. The second kappa shape index (κ2) is 7.93. The molecule has 25 heavy (non-hydrogen) atoms. The van der Waals surface area contributed by atoms with E-state index in [0.717, 1.165) is 26.7 Å². The van der Waals surface area contributed by atoms with Crippen LogP contribution in [0.1, 0.15) is 54.9 Å². The number of aryl methyl sites for hydroxylation is 2. The van der Waals surface area contributed by atoms with Crippen LogP contribution in [0.5, 0.6) is 5.75 Å². The summed E-state index contributed by atoms with van der Waals surface area (Å²) in [5, 5.41) is 12.5. The Morgan fingerprint density at radius 2 is 1.96 bits per heavy atom. The predicted octanol–water partition coefficient (Wildman–Crippen LogP) is 3.38. The number of hydrogen-bond acceptors (Lipinski definition) is 4. The van der Waals surface area contributed by atoms with Gasteiger partial charge in [-0.2, -0.15) is 0 Å². The Hall–Kier alpha value is -1.98.